The first-order chi connectivity index (χ1) is 33.7. The van der Waals surface area contributed by atoms with Crippen molar-refractivity contribution in [2.24, 2.45) is 0 Å². The van der Waals surface area contributed by atoms with Crippen molar-refractivity contribution in [1.29, 1.82) is 0 Å². The predicted molar refractivity (Wildman–Crippen MR) is 290 cm³/mol. The van der Waals surface area contributed by atoms with Crippen molar-refractivity contribution in [2.75, 3.05) is 4.90 Å². The van der Waals surface area contributed by atoms with Gasteiger partial charge in [-0.25, -0.2) is 0 Å². The SMILES string of the molecule is c1ccc(-c2cccc(N(c3cccc(-c4ccc5c(c4)c(-c4ccccc4)c(-c4ccccc4)c4ccccc45)c3)c3ccc4c5ccccc5n(-c5cccc6ccccc56)c4c3)c2)cc1. The van der Waals surface area contributed by atoms with Crippen LogP contribution in [-0.4, -0.2) is 4.57 Å². The summed E-state index contributed by atoms with van der Waals surface area (Å²) in [5.41, 5.74) is 16.3. The fourth-order valence-corrected chi connectivity index (χ4v) is 10.7. The summed E-state index contributed by atoms with van der Waals surface area (Å²) in [6.45, 7) is 0. The van der Waals surface area contributed by atoms with E-state index in [1.807, 2.05) is 0 Å². The van der Waals surface area contributed by atoms with Gasteiger partial charge in [0.05, 0.1) is 16.7 Å². The molecule has 318 valence electrons. The van der Waals surface area contributed by atoms with Crippen LogP contribution < -0.4 is 4.90 Å². The summed E-state index contributed by atoms with van der Waals surface area (Å²) in [6.07, 6.45) is 0. The van der Waals surface area contributed by atoms with Gasteiger partial charge in [-0.05, 0) is 126 Å². The van der Waals surface area contributed by atoms with Crippen molar-refractivity contribution < 1.29 is 0 Å². The first kappa shape index (κ1) is 39.4. The van der Waals surface area contributed by atoms with Crippen LogP contribution in [0.5, 0.6) is 0 Å². The summed E-state index contributed by atoms with van der Waals surface area (Å²) in [6, 6.07) is 97.6. The molecule has 1 aromatic heterocycles. The Morgan fingerprint density at radius 1 is 0.235 bits per heavy atom. The fourth-order valence-electron chi connectivity index (χ4n) is 10.7. The summed E-state index contributed by atoms with van der Waals surface area (Å²) < 4.78 is 2.46. The lowest BCUT2D eigenvalue weighted by atomic mass is 9.84. The summed E-state index contributed by atoms with van der Waals surface area (Å²) in [5, 5.41) is 9.87. The van der Waals surface area contributed by atoms with Gasteiger partial charge in [-0.15, -0.1) is 0 Å². The lowest BCUT2D eigenvalue weighted by Gasteiger charge is -2.27. The highest BCUT2D eigenvalue weighted by Gasteiger charge is 2.21. The van der Waals surface area contributed by atoms with E-state index in [2.05, 4.69) is 276 Å². The van der Waals surface area contributed by atoms with Crippen molar-refractivity contribution >= 4 is 71.2 Å². The van der Waals surface area contributed by atoms with Crippen molar-refractivity contribution in [3.05, 3.63) is 267 Å². The Bertz CT molecular complexity index is 4010. The largest absolute Gasteiger partial charge is 0.310 e. The first-order valence-corrected chi connectivity index (χ1v) is 23.4. The molecule has 13 rings (SSSR count). The minimum atomic E-state index is 1.08. The molecule has 0 aliphatic heterocycles. The number of aromatic nitrogens is 1. The van der Waals surface area contributed by atoms with Crippen LogP contribution in [0.2, 0.25) is 0 Å². The lowest BCUT2D eigenvalue weighted by molar-refractivity contribution is 1.19. The van der Waals surface area contributed by atoms with Gasteiger partial charge >= 0.3 is 0 Å². The van der Waals surface area contributed by atoms with Gasteiger partial charge in [0.15, 0.2) is 0 Å². The Labute approximate surface area is 395 Å². The van der Waals surface area contributed by atoms with E-state index < -0.39 is 0 Å². The second kappa shape index (κ2) is 16.5. The molecule has 0 N–H and O–H groups in total. The van der Waals surface area contributed by atoms with Gasteiger partial charge in [-0.3, -0.25) is 0 Å². The van der Waals surface area contributed by atoms with Crippen LogP contribution in [0.15, 0.2) is 267 Å². The fraction of sp³-hybridized carbons (Fsp3) is 0. The molecule has 0 saturated heterocycles. The highest BCUT2D eigenvalue weighted by molar-refractivity contribution is 6.22. The van der Waals surface area contributed by atoms with Crippen LogP contribution in [-0.2, 0) is 0 Å². The Morgan fingerprint density at radius 2 is 0.691 bits per heavy atom. The maximum atomic E-state index is 2.46. The van der Waals surface area contributed by atoms with E-state index in [9.17, 15) is 0 Å². The molecule has 0 radical (unpaired) electrons. The summed E-state index contributed by atoms with van der Waals surface area (Å²) >= 11 is 0. The van der Waals surface area contributed by atoms with Gasteiger partial charge in [-0.1, -0.05) is 212 Å². The van der Waals surface area contributed by atoms with E-state index in [-0.39, 0.29) is 0 Å². The van der Waals surface area contributed by atoms with Crippen LogP contribution in [0.1, 0.15) is 0 Å². The highest BCUT2D eigenvalue weighted by atomic mass is 15.1. The molecule has 0 aliphatic rings. The molecule has 0 aliphatic carbocycles. The quantitative estimate of drug-likeness (QED) is 0.138. The zero-order valence-corrected chi connectivity index (χ0v) is 37.3. The van der Waals surface area contributed by atoms with Gasteiger partial charge < -0.3 is 9.47 Å². The second-order valence-corrected chi connectivity index (χ2v) is 17.6. The van der Waals surface area contributed by atoms with Crippen molar-refractivity contribution in [3.63, 3.8) is 0 Å². The highest BCUT2D eigenvalue weighted by Crippen LogP contribution is 2.47. The second-order valence-electron chi connectivity index (χ2n) is 17.6. The molecule has 1 heterocycles. The van der Waals surface area contributed by atoms with Crippen LogP contribution in [0.25, 0.3) is 104 Å². The molecule has 0 unspecified atom stereocenters. The molecule has 0 saturated carbocycles. The smallest absolute Gasteiger partial charge is 0.0562 e. The zero-order valence-electron chi connectivity index (χ0n) is 37.3. The number of benzene rings is 12. The first-order valence-electron chi connectivity index (χ1n) is 23.4. The maximum absolute atomic E-state index is 2.46. The molecule has 12 aromatic carbocycles. The summed E-state index contributed by atoms with van der Waals surface area (Å²) in [7, 11) is 0. The van der Waals surface area contributed by atoms with Crippen LogP contribution in [0, 0.1) is 0 Å². The van der Waals surface area contributed by atoms with E-state index in [0.29, 0.717) is 0 Å². The third-order valence-corrected chi connectivity index (χ3v) is 13.7. The van der Waals surface area contributed by atoms with E-state index in [0.717, 1.165) is 33.7 Å². The van der Waals surface area contributed by atoms with Crippen molar-refractivity contribution in [2.45, 2.75) is 0 Å². The van der Waals surface area contributed by atoms with Gasteiger partial charge in [0.25, 0.3) is 0 Å². The number of fused-ring (bicyclic) bond motifs is 7. The molecule has 2 heteroatoms. The van der Waals surface area contributed by atoms with Gasteiger partial charge in [0, 0.05) is 33.2 Å². The minimum Gasteiger partial charge on any atom is -0.310 e. The molecule has 0 bridgehead atoms. The standard InChI is InChI=1S/C66H44N2/c1-4-19-45(20-5-1)49-27-16-29-52(41-49)67(54-38-40-59-58-33-14-15-35-63(58)68(64(59)44-54)62-36-18-26-46-21-10-11-31-55(46)62)53-30-17-28-50(42-53)51-37-39-57-56-32-12-13-34-60(56)65(47-22-6-2-7-23-47)66(61(57)43-51)48-24-8-3-9-25-48/h1-44H. The number of rotatable bonds is 8. The molecule has 2 nitrogen and oxygen atoms in total. The molecule has 13 aromatic rings. The van der Waals surface area contributed by atoms with Crippen LogP contribution in [0.3, 0.4) is 0 Å². The van der Waals surface area contributed by atoms with E-state index in [4.69, 9.17) is 0 Å². The van der Waals surface area contributed by atoms with Gasteiger partial charge in [-0.2, -0.15) is 0 Å². The average Bonchev–Trinajstić information content (AvgIpc) is 3.74. The molecule has 68 heavy (non-hydrogen) atoms. The van der Waals surface area contributed by atoms with E-state index in [1.165, 1.54) is 87.7 Å². The molecular formula is C66H44N2. The Kier molecular flexibility index (Phi) is 9.54. The molecule has 0 amide bonds. The van der Waals surface area contributed by atoms with Crippen molar-refractivity contribution in [3.8, 4) is 50.2 Å². The Morgan fingerprint density at radius 3 is 1.40 bits per heavy atom. The van der Waals surface area contributed by atoms with Crippen LogP contribution >= 0.6 is 0 Å². The van der Waals surface area contributed by atoms with Crippen molar-refractivity contribution in [1.82, 2.24) is 4.57 Å². The average molecular weight is 865 g/mol. The Hall–Kier alpha value is -8.98. The number of hydrogen-bond donors (Lipinski definition) is 0. The molecule has 0 fully saturated rings. The molecule has 0 atom stereocenters. The van der Waals surface area contributed by atoms with Gasteiger partial charge in [0.1, 0.15) is 0 Å². The summed E-state index contributed by atoms with van der Waals surface area (Å²) in [5.74, 6) is 0. The zero-order chi connectivity index (χ0) is 45.0. The lowest BCUT2D eigenvalue weighted by Crippen LogP contribution is -2.10. The van der Waals surface area contributed by atoms with Crippen LogP contribution in [0.4, 0.5) is 17.1 Å². The summed E-state index contributed by atoms with van der Waals surface area (Å²) in [4.78, 5) is 2.43. The monoisotopic (exact) mass is 864 g/mol. The maximum Gasteiger partial charge on any atom is 0.0562 e. The number of hydrogen-bond acceptors (Lipinski definition) is 1. The normalized spacial score (nSPS) is 11.5. The molecule has 0 spiro atoms. The number of nitrogens with zero attached hydrogens (tertiary/aromatic N) is 2. The third-order valence-electron chi connectivity index (χ3n) is 13.7. The van der Waals surface area contributed by atoms with E-state index >= 15 is 0 Å². The third kappa shape index (κ3) is 6.65. The Balaban J connectivity index is 1.04. The van der Waals surface area contributed by atoms with E-state index in [1.54, 1.807) is 0 Å². The molecular weight excluding hydrogens is 821 g/mol. The van der Waals surface area contributed by atoms with Gasteiger partial charge in [0.2, 0.25) is 0 Å². The number of para-hydroxylation sites is 1. The minimum absolute atomic E-state index is 1.08. The number of anilines is 3. The topological polar surface area (TPSA) is 8.17 Å². The predicted octanol–water partition coefficient (Wildman–Crippen LogP) is 18.4.